The van der Waals surface area contributed by atoms with Gasteiger partial charge in [0.2, 0.25) is 0 Å². The molecule has 0 bridgehead atoms. The van der Waals surface area contributed by atoms with Crippen LogP contribution in [0, 0.1) is 10.1 Å². The van der Waals surface area contributed by atoms with Gasteiger partial charge in [0.1, 0.15) is 5.69 Å². The third kappa shape index (κ3) is 2.70. The molecule has 0 atom stereocenters. The van der Waals surface area contributed by atoms with E-state index in [0.717, 1.165) is 0 Å². The van der Waals surface area contributed by atoms with Gasteiger partial charge in [-0.25, -0.2) is 9.55 Å². The Bertz CT molecular complexity index is 953. The number of aromatic nitrogens is 2. The van der Waals surface area contributed by atoms with Crippen molar-refractivity contribution in [1.29, 1.82) is 0 Å². The molecule has 0 aliphatic rings. The molecule has 0 saturated heterocycles. The average molecular weight is 327 g/mol. The van der Waals surface area contributed by atoms with Crippen molar-refractivity contribution in [3.63, 3.8) is 0 Å². The van der Waals surface area contributed by atoms with Gasteiger partial charge in [0.15, 0.2) is 5.16 Å². The highest BCUT2D eigenvalue weighted by molar-refractivity contribution is 7.99. The molecule has 23 heavy (non-hydrogen) atoms. The van der Waals surface area contributed by atoms with E-state index in [4.69, 9.17) is 0 Å². The van der Waals surface area contributed by atoms with Gasteiger partial charge in [0, 0.05) is 6.07 Å². The van der Waals surface area contributed by atoms with Gasteiger partial charge in [-0.15, -0.1) is 0 Å². The van der Waals surface area contributed by atoms with E-state index in [1.54, 1.807) is 36.4 Å². The standard InChI is InChI=1S/C16H13N3O3S/c1-2-23-16-17-12-8-4-3-7-11(12)15(20)18(16)13-9-5-6-10-14(13)19(21)22/h3-10H,2H2,1H3. The van der Waals surface area contributed by atoms with Crippen molar-refractivity contribution in [1.82, 2.24) is 9.55 Å². The topological polar surface area (TPSA) is 78.0 Å². The second kappa shape index (κ2) is 6.21. The fraction of sp³-hybridized carbons (Fsp3) is 0.125. The molecule has 3 rings (SSSR count). The molecular weight excluding hydrogens is 314 g/mol. The van der Waals surface area contributed by atoms with Crippen LogP contribution in [-0.2, 0) is 0 Å². The second-order valence-electron chi connectivity index (χ2n) is 4.73. The normalized spacial score (nSPS) is 10.8. The molecule has 6 nitrogen and oxygen atoms in total. The average Bonchev–Trinajstić information content (AvgIpc) is 2.55. The van der Waals surface area contributed by atoms with Gasteiger partial charge in [-0.1, -0.05) is 43.0 Å². The summed E-state index contributed by atoms with van der Waals surface area (Å²) >= 11 is 1.38. The number of nitro benzene ring substituents is 1. The fourth-order valence-corrected chi connectivity index (χ4v) is 3.09. The summed E-state index contributed by atoms with van der Waals surface area (Å²) in [6.45, 7) is 1.94. The van der Waals surface area contributed by atoms with Crippen molar-refractivity contribution < 1.29 is 4.92 Å². The number of thioether (sulfide) groups is 1. The maximum atomic E-state index is 12.9. The molecule has 3 aromatic rings. The summed E-state index contributed by atoms with van der Waals surface area (Å²) in [5, 5.41) is 12.2. The van der Waals surface area contributed by atoms with Crippen molar-refractivity contribution in [2.24, 2.45) is 0 Å². The number of rotatable bonds is 4. The zero-order valence-electron chi connectivity index (χ0n) is 12.3. The molecule has 0 N–H and O–H groups in total. The van der Waals surface area contributed by atoms with E-state index in [1.165, 1.54) is 22.4 Å². The van der Waals surface area contributed by atoms with E-state index in [-0.39, 0.29) is 16.9 Å². The Morgan fingerprint density at radius 1 is 1.17 bits per heavy atom. The highest BCUT2D eigenvalue weighted by Gasteiger charge is 2.20. The Balaban J connectivity index is 2.41. The third-order valence-electron chi connectivity index (χ3n) is 3.34. The molecule has 2 aromatic carbocycles. The third-order valence-corrected chi connectivity index (χ3v) is 4.16. The molecule has 1 heterocycles. The summed E-state index contributed by atoms with van der Waals surface area (Å²) in [6, 6.07) is 13.2. The highest BCUT2D eigenvalue weighted by atomic mass is 32.2. The van der Waals surface area contributed by atoms with Crippen LogP contribution in [-0.4, -0.2) is 20.2 Å². The minimum atomic E-state index is -0.489. The molecule has 0 amide bonds. The summed E-state index contributed by atoms with van der Waals surface area (Å²) in [7, 11) is 0. The van der Waals surface area contributed by atoms with Crippen molar-refractivity contribution in [2.75, 3.05) is 5.75 Å². The summed E-state index contributed by atoms with van der Waals surface area (Å²) in [5.74, 6) is 0.700. The van der Waals surface area contributed by atoms with Gasteiger partial charge in [-0.2, -0.15) is 0 Å². The van der Waals surface area contributed by atoms with Crippen LogP contribution >= 0.6 is 11.8 Å². The number of hydrogen-bond acceptors (Lipinski definition) is 5. The number of hydrogen-bond donors (Lipinski definition) is 0. The summed E-state index contributed by atoms with van der Waals surface area (Å²) in [6.07, 6.45) is 0. The van der Waals surface area contributed by atoms with Crippen LogP contribution in [0.2, 0.25) is 0 Å². The van der Waals surface area contributed by atoms with Crippen molar-refractivity contribution in [3.05, 3.63) is 69.0 Å². The van der Waals surface area contributed by atoms with E-state index in [0.29, 0.717) is 21.8 Å². The van der Waals surface area contributed by atoms with Gasteiger partial charge >= 0.3 is 0 Å². The summed E-state index contributed by atoms with van der Waals surface area (Å²) in [4.78, 5) is 28.2. The first kappa shape index (κ1) is 15.2. The van der Waals surface area contributed by atoms with Crippen LogP contribution < -0.4 is 5.56 Å². The number of para-hydroxylation sites is 3. The van der Waals surface area contributed by atoms with Gasteiger partial charge in [-0.3, -0.25) is 14.9 Å². The molecule has 1 aromatic heterocycles. The maximum Gasteiger partial charge on any atom is 0.293 e. The summed E-state index contributed by atoms with van der Waals surface area (Å²) < 4.78 is 1.33. The first-order chi connectivity index (χ1) is 11.1. The van der Waals surface area contributed by atoms with Crippen LogP contribution in [0.1, 0.15) is 6.92 Å². The lowest BCUT2D eigenvalue weighted by Gasteiger charge is -2.12. The number of nitro groups is 1. The number of nitrogens with zero attached hydrogens (tertiary/aromatic N) is 3. The van der Waals surface area contributed by atoms with Gasteiger partial charge in [-0.05, 0) is 24.0 Å². The SMILES string of the molecule is CCSc1nc2ccccc2c(=O)n1-c1ccccc1[N+](=O)[O-]. The first-order valence-corrected chi connectivity index (χ1v) is 8.00. The quantitative estimate of drug-likeness (QED) is 0.317. The van der Waals surface area contributed by atoms with E-state index < -0.39 is 4.92 Å². The zero-order valence-corrected chi connectivity index (χ0v) is 13.1. The molecule has 0 spiro atoms. The van der Waals surface area contributed by atoms with Crippen LogP contribution in [0.3, 0.4) is 0 Å². The Morgan fingerprint density at radius 3 is 2.61 bits per heavy atom. The first-order valence-electron chi connectivity index (χ1n) is 7.02. The van der Waals surface area contributed by atoms with Crippen LogP contribution in [0.5, 0.6) is 0 Å². The van der Waals surface area contributed by atoms with Gasteiger partial charge in [0.05, 0.1) is 15.8 Å². The van der Waals surface area contributed by atoms with E-state index in [1.807, 2.05) is 13.0 Å². The molecule has 0 saturated carbocycles. The Kier molecular flexibility index (Phi) is 4.12. The van der Waals surface area contributed by atoms with E-state index >= 15 is 0 Å². The summed E-state index contributed by atoms with van der Waals surface area (Å²) in [5.41, 5.74) is 0.394. The van der Waals surface area contributed by atoms with E-state index in [9.17, 15) is 14.9 Å². The number of benzene rings is 2. The van der Waals surface area contributed by atoms with Crippen molar-refractivity contribution in [3.8, 4) is 5.69 Å². The smallest absolute Gasteiger partial charge is 0.268 e. The maximum absolute atomic E-state index is 12.9. The highest BCUT2D eigenvalue weighted by Crippen LogP contribution is 2.26. The minimum absolute atomic E-state index is 0.121. The Morgan fingerprint density at radius 2 is 1.87 bits per heavy atom. The van der Waals surface area contributed by atoms with Crippen LogP contribution in [0.25, 0.3) is 16.6 Å². The molecule has 0 unspecified atom stereocenters. The molecule has 0 radical (unpaired) electrons. The molecule has 0 aliphatic carbocycles. The Labute approximate surface area is 135 Å². The molecule has 7 heteroatoms. The molecular formula is C16H13N3O3S. The van der Waals surface area contributed by atoms with Crippen molar-refractivity contribution >= 4 is 28.4 Å². The predicted octanol–water partition coefficient (Wildman–Crippen LogP) is 3.41. The molecule has 0 aliphatic heterocycles. The lowest BCUT2D eigenvalue weighted by Crippen LogP contribution is -2.22. The monoisotopic (exact) mass is 327 g/mol. The molecule has 0 fully saturated rings. The van der Waals surface area contributed by atoms with Gasteiger partial charge < -0.3 is 0 Å². The van der Waals surface area contributed by atoms with E-state index in [2.05, 4.69) is 4.98 Å². The fourth-order valence-electron chi connectivity index (χ4n) is 2.36. The zero-order chi connectivity index (χ0) is 16.4. The Hall–Kier alpha value is -2.67. The largest absolute Gasteiger partial charge is 0.293 e. The lowest BCUT2D eigenvalue weighted by atomic mass is 10.2. The second-order valence-corrected chi connectivity index (χ2v) is 5.96. The number of fused-ring (bicyclic) bond motifs is 1. The van der Waals surface area contributed by atoms with Gasteiger partial charge in [0.25, 0.3) is 11.2 Å². The predicted molar refractivity (Wildman–Crippen MR) is 90.4 cm³/mol. The van der Waals surface area contributed by atoms with Crippen LogP contribution in [0.15, 0.2) is 58.5 Å². The van der Waals surface area contributed by atoms with Crippen molar-refractivity contribution in [2.45, 2.75) is 12.1 Å². The lowest BCUT2D eigenvalue weighted by molar-refractivity contribution is -0.384. The minimum Gasteiger partial charge on any atom is -0.268 e. The van der Waals surface area contributed by atoms with Crippen LogP contribution in [0.4, 0.5) is 5.69 Å². The molecule has 116 valence electrons.